The summed E-state index contributed by atoms with van der Waals surface area (Å²) in [7, 11) is 0. The maximum atomic E-state index is 11.3. The van der Waals surface area contributed by atoms with Crippen LogP contribution in [0.15, 0.2) is 24.4 Å². The van der Waals surface area contributed by atoms with Crippen LogP contribution in [-0.2, 0) is 0 Å². The van der Waals surface area contributed by atoms with Gasteiger partial charge in [-0.2, -0.15) is 0 Å². The first-order chi connectivity index (χ1) is 6.34. The Morgan fingerprint density at radius 1 is 1.54 bits per heavy atom. The minimum atomic E-state index is -0.117. The van der Waals surface area contributed by atoms with Crippen molar-refractivity contribution in [1.82, 2.24) is 10.3 Å². The molecule has 3 heteroatoms. The van der Waals surface area contributed by atoms with Crippen molar-refractivity contribution in [3.05, 3.63) is 37.0 Å². The Morgan fingerprint density at radius 3 is 3.00 bits per heavy atom. The number of rotatable bonds is 4. The fourth-order valence-corrected chi connectivity index (χ4v) is 0.915. The maximum Gasteiger partial charge on any atom is 0.269 e. The standard InChI is InChI=1S/C10H13N2O/c1-2-3-7-12-10(13)9-6-4-5-8-11-9/h4-6,8H,1-3,7H2,(H,12,13). The highest BCUT2D eigenvalue weighted by Crippen LogP contribution is 1.92. The molecule has 0 aliphatic rings. The number of amides is 1. The molecule has 0 aliphatic heterocycles. The van der Waals surface area contributed by atoms with E-state index in [9.17, 15) is 4.79 Å². The number of carbonyl (C=O) groups excluding carboxylic acids is 1. The summed E-state index contributed by atoms with van der Waals surface area (Å²) in [6.45, 7) is 4.35. The van der Waals surface area contributed by atoms with Crippen LogP contribution in [0.25, 0.3) is 0 Å². The van der Waals surface area contributed by atoms with Gasteiger partial charge in [-0.15, -0.1) is 0 Å². The SMILES string of the molecule is [CH2]CCCNC(=O)c1ccccn1. The van der Waals surface area contributed by atoms with Gasteiger partial charge in [0.15, 0.2) is 0 Å². The van der Waals surface area contributed by atoms with E-state index in [4.69, 9.17) is 0 Å². The Kier molecular flexibility index (Phi) is 3.96. The van der Waals surface area contributed by atoms with Gasteiger partial charge in [0.25, 0.3) is 5.91 Å². The molecule has 0 aliphatic carbocycles. The second-order valence-corrected chi connectivity index (χ2v) is 2.68. The molecule has 1 rings (SSSR count). The molecule has 69 valence electrons. The van der Waals surface area contributed by atoms with Crippen molar-refractivity contribution < 1.29 is 4.79 Å². The molecule has 0 saturated heterocycles. The molecule has 0 unspecified atom stereocenters. The van der Waals surface area contributed by atoms with Crippen molar-refractivity contribution in [3.63, 3.8) is 0 Å². The molecule has 0 saturated carbocycles. The molecule has 0 bridgehead atoms. The molecule has 1 heterocycles. The molecule has 0 fully saturated rings. The lowest BCUT2D eigenvalue weighted by atomic mass is 10.3. The quantitative estimate of drug-likeness (QED) is 0.707. The summed E-state index contributed by atoms with van der Waals surface area (Å²) in [6.07, 6.45) is 3.34. The van der Waals surface area contributed by atoms with E-state index in [1.165, 1.54) is 0 Å². The summed E-state index contributed by atoms with van der Waals surface area (Å²) in [5.41, 5.74) is 0.464. The van der Waals surface area contributed by atoms with E-state index in [-0.39, 0.29) is 5.91 Å². The highest BCUT2D eigenvalue weighted by Gasteiger charge is 2.03. The van der Waals surface area contributed by atoms with Crippen LogP contribution in [0.5, 0.6) is 0 Å². The van der Waals surface area contributed by atoms with Gasteiger partial charge in [-0.05, 0) is 18.6 Å². The zero-order valence-corrected chi connectivity index (χ0v) is 7.49. The monoisotopic (exact) mass is 177 g/mol. The topological polar surface area (TPSA) is 42.0 Å². The molecule has 1 amide bonds. The fourth-order valence-electron chi connectivity index (χ4n) is 0.915. The molecule has 3 nitrogen and oxygen atoms in total. The van der Waals surface area contributed by atoms with E-state index in [2.05, 4.69) is 17.2 Å². The van der Waals surface area contributed by atoms with Crippen molar-refractivity contribution in [2.45, 2.75) is 12.8 Å². The normalized spacial score (nSPS) is 9.62. The van der Waals surface area contributed by atoms with Gasteiger partial charge in [0.2, 0.25) is 0 Å². The van der Waals surface area contributed by atoms with Crippen molar-refractivity contribution in [2.75, 3.05) is 6.54 Å². The highest BCUT2D eigenvalue weighted by molar-refractivity contribution is 5.92. The number of pyridine rings is 1. The first-order valence-corrected chi connectivity index (χ1v) is 4.33. The van der Waals surface area contributed by atoms with Gasteiger partial charge >= 0.3 is 0 Å². The zero-order chi connectivity index (χ0) is 9.52. The third-order valence-electron chi connectivity index (χ3n) is 1.61. The minimum absolute atomic E-state index is 0.117. The van der Waals surface area contributed by atoms with E-state index in [0.717, 1.165) is 12.8 Å². The Labute approximate surface area is 78.2 Å². The Balaban J connectivity index is 2.40. The third-order valence-corrected chi connectivity index (χ3v) is 1.61. The van der Waals surface area contributed by atoms with Gasteiger partial charge in [-0.25, -0.2) is 0 Å². The molecule has 1 aromatic heterocycles. The van der Waals surface area contributed by atoms with Gasteiger partial charge in [-0.1, -0.05) is 19.4 Å². The van der Waals surface area contributed by atoms with Crippen molar-refractivity contribution >= 4 is 5.91 Å². The first kappa shape index (κ1) is 9.71. The van der Waals surface area contributed by atoms with E-state index in [1.54, 1.807) is 24.4 Å². The van der Waals surface area contributed by atoms with E-state index >= 15 is 0 Å². The van der Waals surface area contributed by atoms with Gasteiger partial charge in [0.05, 0.1) is 0 Å². The number of nitrogens with zero attached hydrogens (tertiary/aromatic N) is 1. The number of nitrogens with one attached hydrogen (secondary N) is 1. The van der Waals surface area contributed by atoms with Crippen molar-refractivity contribution in [2.24, 2.45) is 0 Å². The summed E-state index contributed by atoms with van der Waals surface area (Å²) in [4.78, 5) is 15.3. The molecular formula is C10H13N2O. The fraction of sp³-hybridized carbons (Fsp3) is 0.300. The Bertz CT molecular complexity index is 259. The summed E-state index contributed by atoms with van der Waals surface area (Å²) in [6, 6.07) is 5.27. The van der Waals surface area contributed by atoms with E-state index < -0.39 is 0 Å². The number of hydrogen-bond acceptors (Lipinski definition) is 2. The largest absolute Gasteiger partial charge is 0.351 e. The summed E-state index contributed by atoms with van der Waals surface area (Å²) in [5, 5.41) is 2.76. The summed E-state index contributed by atoms with van der Waals surface area (Å²) in [5.74, 6) is -0.117. The van der Waals surface area contributed by atoms with Gasteiger partial charge in [0.1, 0.15) is 5.69 Å². The summed E-state index contributed by atoms with van der Waals surface area (Å²) >= 11 is 0. The van der Waals surface area contributed by atoms with E-state index in [0.29, 0.717) is 12.2 Å². The lowest BCUT2D eigenvalue weighted by Gasteiger charge is -2.02. The Hall–Kier alpha value is -1.38. The van der Waals surface area contributed by atoms with Crippen LogP contribution in [-0.4, -0.2) is 17.4 Å². The van der Waals surface area contributed by atoms with Crippen molar-refractivity contribution in [1.29, 1.82) is 0 Å². The minimum Gasteiger partial charge on any atom is -0.351 e. The predicted octanol–water partition coefficient (Wildman–Crippen LogP) is 1.43. The highest BCUT2D eigenvalue weighted by atomic mass is 16.1. The van der Waals surface area contributed by atoms with Gasteiger partial charge in [-0.3, -0.25) is 9.78 Å². The zero-order valence-electron chi connectivity index (χ0n) is 7.49. The van der Waals surface area contributed by atoms with Crippen LogP contribution in [0, 0.1) is 6.92 Å². The number of aromatic nitrogens is 1. The first-order valence-electron chi connectivity index (χ1n) is 4.33. The lowest BCUT2D eigenvalue weighted by Crippen LogP contribution is -2.25. The number of hydrogen-bond donors (Lipinski definition) is 1. The van der Waals surface area contributed by atoms with Crippen LogP contribution >= 0.6 is 0 Å². The molecule has 0 atom stereocenters. The van der Waals surface area contributed by atoms with E-state index in [1.807, 2.05) is 0 Å². The van der Waals surface area contributed by atoms with Crippen molar-refractivity contribution in [3.8, 4) is 0 Å². The molecule has 1 radical (unpaired) electrons. The molecule has 1 aromatic rings. The maximum absolute atomic E-state index is 11.3. The molecule has 13 heavy (non-hydrogen) atoms. The van der Waals surface area contributed by atoms with Crippen LogP contribution in [0.1, 0.15) is 23.3 Å². The molecule has 0 spiro atoms. The van der Waals surface area contributed by atoms with Gasteiger partial charge < -0.3 is 5.32 Å². The second kappa shape index (κ2) is 5.30. The Morgan fingerprint density at radius 2 is 2.38 bits per heavy atom. The third kappa shape index (κ3) is 3.23. The smallest absolute Gasteiger partial charge is 0.269 e. The van der Waals surface area contributed by atoms with Gasteiger partial charge in [0, 0.05) is 12.7 Å². The lowest BCUT2D eigenvalue weighted by molar-refractivity contribution is 0.0948. The van der Waals surface area contributed by atoms with Crippen LogP contribution in [0.2, 0.25) is 0 Å². The predicted molar refractivity (Wildman–Crippen MR) is 51.2 cm³/mol. The average molecular weight is 177 g/mol. The van der Waals surface area contributed by atoms with Crippen LogP contribution < -0.4 is 5.32 Å². The molecule has 1 N–H and O–H groups in total. The average Bonchev–Trinajstić information content (AvgIpc) is 2.19. The van der Waals surface area contributed by atoms with Crippen LogP contribution in [0.4, 0.5) is 0 Å². The summed E-state index contributed by atoms with van der Waals surface area (Å²) < 4.78 is 0. The number of unbranched alkanes of at least 4 members (excludes halogenated alkanes) is 1. The number of carbonyl (C=O) groups is 1. The molecule has 0 aromatic carbocycles. The van der Waals surface area contributed by atoms with Crippen LogP contribution in [0.3, 0.4) is 0 Å². The molecular weight excluding hydrogens is 164 g/mol. The second-order valence-electron chi connectivity index (χ2n) is 2.68.